The maximum Gasteiger partial charge on any atom is 0.412 e. The molecule has 0 saturated carbocycles. The molecular weight excluding hydrogens is 396 g/mol. The van der Waals surface area contributed by atoms with E-state index in [9.17, 15) is 9.59 Å². The minimum atomic E-state index is -0.639. The number of amides is 2. The van der Waals surface area contributed by atoms with Gasteiger partial charge in [-0.3, -0.25) is 10.1 Å². The van der Waals surface area contributed by atoms with Gasteiger partial charge in [0.1, 0.15) is 17.1 Å². The van der Waals surface area contributed by atoms with Gasteiger partial charge in [0.05, 0.1) is 12.8 Å². The lowest BCUT2D eigenvalue weighted by atomic mass is 10.2. The molecule has 2 aromatic carbocycles. The maximum atomic E-state index is 12.2. The van der Waals surface area contributed by atoms with Crippen LogP contribution in [-0.4, -0.2) is 31.3 Å². The highest BCUT2D eigenvalue weighted by Gasteiger charge is 2.18. The summed E-state index contributed by atoms with van der Waals surface area (Å²) in [6.45, 7) is 6.97. The quantitative estimate of drug-likeness (QED) is 0.685. The topological polar surface area (TPSA) is 85.9 Å². The fourth-order valence-corrected chi connectivity index (χ4v) is 2.64. The van der Waals surface area contributed by atoms with E-state index in [0.717, 1.165) is 5.56 Å². The van der Waals surface area contributed by atoms with Crippen LogP contribution in [0.3, 0.4) is 0 Å². The summed E-state index contributed by atoms with van der Waals surface area (Å²) in [5, 5.41) is 5.94. The third-order valence-electron chi connectivity index (χ3n) is 3.61. The minimum Gasteiger partial charge on any atom is -0.495 e. The smallest absolute Gasteiger partial charge is 0.412 e. The molecule has 0 aliphatic rings. The second-order valence-corrected chi connectivity index (χ2v) is 7.73. The Morgan fingerprint density at radius 1 is 1.03 bits per heavy atom. The number of benzene rings is 2. The monoisotopic (exact) mass is 420 g/mol. The van der Waals surface area contributed by atoms with E-state index in [1.54, 1.807) is 57.2 Å². The highest BCUT2D eigenvalue weighted by atomic mass is 35.5. The fourth-order valence-electron chi connectivity index (χ4n) is 2.41. The molecule has 0 bridgehead atoms. The molecule has 0 heterocycles. The molecule has 0 atom stereocenters. The Bertz CT molecular complexity index is 893. The van der Waals surface area contributed by atoms with Crippen molar-refractivity contribution < 1.29 is 23.8 Å². The standard InChI is InChI=1S/C21H25ClN2O5/c1-13-10-14(22)6-8-17(13)28-12-19(25)23-15-7-9-18(27-5)16(11-15)24-20(26)29-21(2,3)4/h6-11H,12H2,1-5H3,(H,23,25)(H,24,26). The van der Waals surface area contributed by atoms with E-state index in [1.165, 1.54) is 7.11 Å². The Morgan fingerprint density at radius 3 is 2.34 bits per heavy atom. The summed E-state index contributed by atoms with van der Waals surface area (Å²) in [4.78, 5) is 24.3. The highest BCUT2D eigenvalue weighted by Crippen LogP contribution is 2.28. The third kappa shape index (κ3) is 7.19. The van der Waals surface area contributed by atoms with Gasteiger partial charge in [-0.25, -0.2) is 4.79 Å². The average molecular weight is 421 g/mol. The van der Waals surface area contributed by atoms with E-state index in [1.807, 2.05) is 6.92 Å². The van der Waals surface area contributed by atoms with Crippen LogP contribution < -0.4 is 20.1 Å². The summed E-state index contributed by atoms with van der Waals surface area (Å²) in [5.41, 5.74) is 1.03. The van der Waals surface area contributed by atoms with Crippen molar-refractivity contribution >= 4 is 35.0 Å². The van der Waals surface area contributed by atoms with Crippen molar-refractivity contribution in [3.63, 3.8) is 0 Å². The van der Waals surface area contributed by atoms with E-state index in [4.69, 9.17) is 25.8 Å². The van der Waals surface area contributed by atoms with Gasteiger partial charge in [0.25, 0.3) is 5.91 Å². The Kier molecular flexibility index (Phi) is 7.34. The van der Waals surface area contributed by atoms with Crippen molar-refractivity contribution in [3.8, 4) is 11.5 Å². The summed E-state index contributed by atoms with van der Waals surface area (Å²) in [5.74, 6) is 0.654. The fraction of sp³-hybridized carbons (Fsp3) is 0.333. The zero-order valence-electron chi connectivity index (χ0n) is 17.1. The number of aryl methyl sites for hydroxylation is 1. The Hall–Kier alpha value is -2.93. The Morgan fingerprint density at radius 2 is 1.72 bits per heavy atom. The van der Waals surface area contributed by atoms with Crippen LogP contribution in [0.4, 0.5) is 16.2 Å². The van der Waals surface area contributed by atoms with Crippen molar-refractivity contribution in [2.75, 3.05) is 24.4 Å². The molecule has 2 aromatic rings. The third-order valence-corrected chi connectivity index (χ3v) is 3.85. The van der Waals surface area contributed by atoms with E-state index in [-0.39, 0.29) is 12.5 Å². The van der Waals surface area contributed by atoms with Crippen LogP contribution in [0.5, 0.6) is 11.5 Å². The number of ether oxygens (including phenoxy) is 3. The van der Waals surface area contributed by atoms with Gasteiger partial charge in [0, 0.05) is 10.7 Å². The zero-order valence-corrected chi connectivity index (χ0v) is 17.8. The number of hydrogen-bond donors (Lipinski definition) is 2. The zero-order chi connectivity index (χ0) is 21.6. The maximum absolute atomic E-state index is 12.2. The van der Waals surface area contributed by atoms with Gasteiger partial charge in [0.2, 0.25) is 0 Å². The summed E-state index contributed by atoms with van der Waals surface area (Å²) < 4.78 is 16.0. The van der Waals surface area contributed by atoms with Crippen LogP contribution in [0.25, 0.3) is 0 Å². The molecule has 0 aliphatic heterocycles. The number of hydrogen-bond acceptors (Lipinski definition) is 5. The predicted octanol–water partition coefficient (Wildman–Crippen LogP) is 5.02. The SMILES string of the molecule is COc1ccc(NC(=O)COc2ccc(Cl)cc2C)cc1NC(=O)OC(C)(C)C. The number of carbonyl (C=O) groups is 2. The number of rotatable bonds is 6. The van der Waals surface area contributed by atoms with Crippen LogP contribution in [0.1, 0.15) is 26.3 Å². The van der Waals surface area contributed by atoms with Crippen LogP contribution in [0.15, 0.2) is 36.4 Å². The highest BCUT2D eigenvalue weighted by molar-refractivity contribution is 6.30. The van der Waals surface area contributed by atoms with Crippen molar-refractivity contribution in [1.29, 1.82) is 0 Å². The van der Waals surface area contributed by atoms with Gasteiger partial charge in [-0.1, -0.05) is 11.6 Å². The second-order valence-electron chi connectivity index (χ2n) is 7.29. The average Bonchev–Trinajstić information content (AvgIpc) is 2.59. The first-order chi connectivity index (χ1) is 13.6. The summed E-state index contributed by atoms with van der Waals surface area (Å²) in [7, 11) is 1.48. The number of halogens is 1. The van der Waals surface area contributed by atoms with Gasteiger partial charge in [-0.2, -0.15) is 0 Å². The molecule has 7 nitrogen and oxygen atoms in total. The molecular formula is C21H25ClN2O5. The first-order valence-electron chi connectivity index (χ1n) is 8.94. The van der Waals surface area contributed by atoms with Crippen LogP contribution in [0.2, 0.25) is 5.02 Å². The molecule has 0 aliphatic carbocycles. The number of methoxy groups -OCH3 is 1. The molecule has 0 fully saturated rings. The van der Waals surface area contributed by atoms with Gasteiger partial charge < -0.3 is 19.5 Å². The molecule has 156 valence electrons. The summed E-state index contributed by atoms with van der Waals surface area (Å²) >= 11 is 5.91. The van der Waals surface area contributed by atoms with Crippen molar-refractivity contribution in [3.05, 3.63) is 47.0 Å². The Balaban J connectivity index is 2.02. The van der Waals surface area contributed by atoms with Gasteiger partial charge >= 0.3 is 6.09 Å². The number of anilines is 2. The lowest BCUT2D eigenvalue weighted by molar-refractivity contribution is -0.118. The van der Waals surface area contributed by atoms with Crippen LogP contribution in [-0.2, 0) is 9.53 Å². The lowest BCUT2D eigenvalue weighted by Gasteiger charge is -2.20. The molecule has 2 amide bonds. The van der Waals surface area contributed by atoms with Crippen molar-refractivity contribution in [2.24, 2.45) is 0 Å². The van der Waals surface area contributed by atoms with E-state index in [0.29, 0.717) is 27.9 Å². The van der Waals surface area contributed by atoms with E-state index >= 15 is 0 Å². The summed E-state index contributed by atoms with van der Waals surface area (Å²) in [6.07, 6.45) is -0.624. The molecule has 0 radical (unpaired) electrons. The molecule has 2 N–H and O–H groups in total. The molecule has 0 saturated heterocycles. The lowest BCUT2D eigenvalue weighted by Crippen LogP contribution is -2.27. The Labute approximate surface area is 175 Å². The number of nitrogens with one attached hydrogen (secondary N) is 2. The minimum absolute atomic E-state index is 0.177. The van der Waals surface area contributed by atoms with E-state index < -0.39 is 11.7 Å². The molecule has 29 heavy (non-hydrogen) atoms. The predicted molar refractivity (Wildman–Crippen MR) is 113 cm³/mol. The van der Waals surface area contributed by atoms with Crippen LogP contribution in [0, 0.1) is 6.92 Å². The van der Waals surface area contributed by atoms with Gasteiger partial charge in [-0.15, -0.1) is 0 Å². The molecule has 0 spiro atoms. The van der Waals surface area contributed by atoms with Crippen molar-refractivity contribution in [2.45, 2.75) is 33.3 Å². The normalized spacial score (nSPS) is 10.8. The molecule has 0 aromatic heterocycles. The molecule has 8 heteroatoms. The molecule has 0 unspecified atom stereocenters. The number of carbonyl (C=O) groups excluding carboxylic acids is 2. The first kappa shape index (κ1) is 22.4. The van der Waals surface area contributed by atoms with E-state index in [2.05, 4.69) is 10.6 Å². The van der Waals surface area contributed by atoms with Gasteiger partial charge in [-0.05, 0) is 69.7 Å². The van der Waals surface area contributed by atoms with Crippen molar-refractivity contribution in [1.82, 2.24) is 0 Å². The summed E-state index contributed by atoms with van der Waals surface area (Å²) in [6, 6.07) is 10.0. The van der Waals surface area contributed by atoms with Crippen LogP contribution >= 0.6 is 11.6 Å². The largest absolute Gasteiger partial charge is 0.495 e. The van der Waals surface area contributed by atoms with Gasteiger partial charge in [0.15, 0.2) is 6.61 Å². The first-order valence-corrected chi connectivity index (χ1v) is 9.32. The molecule has 2 rings (SSSR count). The second kappa shape index (κ2) is 9.52.